The number of benzene rings is 1. The fraction of sp³-hybridized carbons (Fsp3) is 0.250. The summed E-state index contributed by atoms with van der Waals surface area (Å²) in [4.78, 5) is 0. The number of hydrogen-bond donors (Lipinski definition) is 2. The predicted molar refractivity (Wildman–Crippen MR) is 64.3 cm³/mol. The summed E-state index contributed by atoms with van der Waals surface area (Å²) >= 11 is 0. The van der Waals surface area contributed by atoms with Gasteiger partial charge in [0.25, 0.3) is 0 Å². The van der Waals surface area contributed by atoms with E-state index in [0.29, 0.717) is 11.5 Å². The third-order valence-corrected chi connectivity index (χ3v) is 2.25. The number of ether oxygens (including phenoxy) is 1. The van der Waals surface area contributed by atoms with E-state index in [2.05, 4.69) is 10.4 Å². The molecule has 1 aromatic heterocycles. The third kappa shape index (κ3) is 3.22. The van der Waals surface area contributed by atoms with Crippen LogP contribution in [0.15, 0.2) is 36.7 Å². The second-order valence-electron chi connectivity index (χ2n) is 3.64. The van der Waals surface area contributed by atoms with Crippen molar-refractivity contribution in [1.82, 2.24) is 15.1 Å². The average Bonchev–Trinajstić information content (AvgIpc) is 2.74. The van der Waals surface area contributed by atoms with Gasteiger partial charge in [0.05, 0.1) is 18.9 Å². The first-order valence-corrected chi connectivity index (χ1v) is 5.42. The molecule has 0 aliphatic rings. The Bertz CT molecular complexity index is 482. The maximum Gasteiger partial charge on any atom is 0.165 e. The molecule has 0 saturated heterocycles. The number of likely N-dealkylation sites (N-methyl/N-ethyl adjacent to an activating group) is 1. The Morgan fingerprint density at radius 3 is 3.06 bits per heavy atom. The van der Waals surface area contributed by atoms with Crippen LogP contribution in [0.3, 0.4) is 0 Å². The molecule has 5 nitrogen and oxygen atoms in total. The molecular formula is C12H15N3O2. The molecule has 2 rings (SSSR count). The van der Waals surface area contributed by atoms with Crippen LogP contribution in [0.4, 0.5) is 0 Å². The van der Waals surface area contributed by atoms with Crippen LogP contribution < -0.4 is 10.1 Å². The number of phenols is 1. The third-order valence-electron chi connectivity index (χ3n) is 2.25. The zero-order valence-electron chi connectivity index (χ0n) is 9.63. The van der Waals surface area contributed by atoms with Gasteiger partial charge in [0.15, 0.2) is 5.75 Å². The van der Waals surface area contributed by atoms with Gasteiger partial charge < -0.3 is 15.2 Å². The minimum atomic E-state index is 0.185. The van der Waals surface area contributed by atoms with Crippen LogP contribution in [0.2, 0.25) is 0 Å². The fourth-order valence-electron chi connectivity index (χ4n) is 1.43. The van der Waals surface area contributed by atoms with E-state index in [1.807, 2.05) is 13.2 Å². The fourth-order valence-corrected chi connectivity index (χ4v) is 1.43. The van der Waals surface area contributed by atoms with E-state index < -0.39 is 0 Å². The monoisotopic (exact) mass is 233 g/mol. The van der Waals surface area contributed by atoms with Gasteiger partial charge in [-0.15, -0.1) is 0 Å². The second kappa shape index (κ2) is 5.36. The molecule has 90 valence electrons. The molecule has 5 heteroatoms. The highest BCUT2D eigenvalue weighted by Crippen LogP contribution is 2.23. The van der Waals surface area contributed by atoms with Gasteiger partial charge in [0.1, 0.15) is 11.5 Å². The lowest BCUT2D eigenvalue weighted by atomic mass is 10.3. The highest BCUT2D eigenvalue weighted by atomic mass is 16.5. The molecule has 0 unspecified atom stereocenters. The van der Waals surface area contributed by atoms with E-state index in [-0.39, 0.29) is 5.75 Å². The second-order valence-corrected chi connectivity index (χ2v) is 3.64. The summed E-state index contributed by atoms with van der Waals surface area (Å²) in [6, 6.07) is 6.68. The molecule has 0 radical (unpaired) electrons. The van der Waals surface area contributed by atoms with Gasteiger partial charge in [-0.3, -0.25) is 4.68 Å². The lowest BCUT2D eigenvalue weighted by molar-refractivity contribution is 0.454. The molecule has 0 spiro atoms. The van der Waals surface area contributed by atoms with Gasteiger partial charge >= 0.3 is 0 Å². The van der Waals surface area contributed by atoms with E-state index in [1.54, 1.807) is 35.1 Å². The van der Waals surface area contributed by atoms with Crippen LogP contribution in [0.5, 0.6) is 17.2 Å². The van der Waals surface area contributed by atoms with E-state index in [9.17, 15) is 5.11 Å². The summed E-state index contributed by atoms with van der Waals surface area (Å²) in [6.07, 6.45) is 3.47. The molecule has 2 N–H and O–H groups in total. The molecule has 0 bridgehead atoms. The van der Waals surface area contributed by atoms with Crippen molar-refractivity contribution in [1.29, 1.82) is 0 Å². The quantitative estimate of drug-likeness (QED) is 0.823. The van der Waals surface area contributed by atoms with Crippen molar-refractivity contribution >= 4 is 0 Å². The summed E-state index contributed by atoms with van der Waals surface area (Å²) in [7, 11) is 1.90. The maximum absolute atomic E-state index is 9.30. The van der Waals surface area contributed by atoms with Crippen LogP contribution in [-0.4, -0.2) is 28.5 Å². The van der Waals surface area contributed by atoms with Gasteiger partial charge in [0, 0.05) is 12.6 Å². The summed E-state index contributed by atoms with van der Waals surface area (Å²) in [6.45, 7) is 1.65. The van der Waals surface area contributed by atoms with Gasteiger partial charge in [-0.2, -0.15) is 5.10 Å². The summed E-state index contributed by atoms with van der Waals surface area (Å²) in [5.74, 6) is 1.44. The smallest absolute Gasteiger partial charge is 0.165 e. The molecule has 0 aliphatic heterocycles. The minimum Gasteiger partial charge on any atom is -0.508 e. The number of hydrogen-bond acceptors (Lipinski definition) is 4. The highest BCUT2D eigenvalue weighted by Gasteiger charge is 2.01. The molecule has 0 amide bonds. The van der Waals surface area contributed by atoms with Crippen LogP contribution in [-0.2, 0) is 6.54 Å². The zero-order chi connectivity index (χ0) is 12.1. The molecule has 17 heavy (non-hydrogen) atoms. The van der Waals surface area contributed by atoms with E-state index in [1.165, 1.54) is 0 Å². The van der Waals surface area contributed by atoms with Gasteiger partial charge in [-0.25, -0.2) is 0 Å². The first-order chi connectivity index (χ1) is 8.28. The predicted octanol–water partition coefficient (Wildman–Crippen LogP) is 1.60. The van der Waals surface area contributed by atoms with E-state index in [0.717, 1.165) is 13.1 Å². The summed E-state index contributed by atoms with van der Waals surface area (Å²) in [5, 5.41) is 16.5. The molecule has 1 heterocycles. The van der Waals surface area contributed by atoms with E-state index >= 15 is 0 Å². The molecule has 0 atom stereocenters. The van der Waals surface area contributed by atoms with Crippen LogP contribution in [0.1, 0.15) is 0 Å². The Morgan fingerprint density at radius 1 is 1.41 bits per heavy atom. The molecule has 0 saturated carbocycles. The highest BCUT2D eigenvalue weighted by molar-refractivity contribution is 5.34. The van der Waals surface area contributed by atoms with Crippen LogP contribution in [0.25, 0.3) is 0 Å². The topological polar surface area (TPSA) is 59.3 Å². The Hall–Kier alpha value is -2.01. The largest absolute Gasteiger partial charge is 0.508 e. The van der Waals surface area contributed by atoms with Gasteiger partial charge in [-0.1, -0.05) is 6.07 Å². The Labute approximate surface area is 99.6 Å². The Morgan fingerprint density at radius 2 is 2.29 bits per heavy atom. The first-order valence-electron chi connectivity index (χ1n) is 5.42. The summed E-state index contributed by atoms with van der Waals surface area (Å²) in [5.41, 5.74) is 0. The lowest BCUT2D eigenvalue weighted by Crippen LogP contribution is -2.14. The van der Waals surface area contributed by atoms with Crippen LogP contribution in [0, 0.1) is 0 Å². The molecular weight excluding hydrogens is 218 g/mol. The first kappa shape index (κ1) is 11.5. The van der Waals surface area contributed by atoms with Crippen molar-refractivity contribution in [2.75, 3.05) is 13.6 Å². The lowest BCUT2D eigenvalue weighted by Gasteiger charge is -2.02. The number of nitrogens with zero attached hydrogens (tertiary/aromatic N) is 2. The van der Waals surface area contributed by atoms with Gasteiger partial charge in [-0.05, 0) is 19.2 Å². The minimum absolute atomic E-state index is 0.185. The van der Waals surface area contributed by atoms with Crippen molar-refractivity contribution in [3.63, 3.8) is 0 Å². The summed E-state index contributed by atoms with van der Waals surface area (Å²) < 4.78 is 7.36. The van der Waals surface area contributed by atoms with Crippen molar-refractivity contribution in [2.24, 2.45) is 0 Å². The van der Waals surface area contributed by atoms with Crippen LogP contribution >= 0.6 is 0 Å². The van der Waals surface area contributed by atoms with Crippen molar-refractivity contribution in [3.8, 4) is 17.2 Å². The zero-order valence-corrected chi connectivity index (χ0v) is 9.63. The number of rotatable bonds is 5. The number of phenolic OH excluding ortho intramolecular Hbond substituents is 1. The number of aromatic hydroxyl groups is 1. The standard InChI is InChI=1S/C12H15N3O2/c1-13-5-6-15-9-12(8-14-15)17-11-4-2-3-10(16)7-11/h2-4,7-9,13,16H,5-6H2,1H3. The molecule has 0 fully saturated rings. The Balaban J connectivity index is 2.01. The normalized spacial score (nSPS) is 10.4. The van der Waals surface area contributed by atoms with Crippen molar-refractivity contribution in [2.45, 2.75) is 6.54 Å². The molecule has 2 aromatic rings. The number of nitrogens with one attached hydrogen (secondary N) is 1. The van der Waals surface area contributed by atoms with E-state index in [4.69, 9.17) is 4.74 Å². The SMILES string of the molecule is CNCCn1cc(Oc2cccc(O)c2)cn1. The average molecular weight is 233 g/mol. The Kier molecular flexibility index (Phi) is 3.62. The maximum atomic E-state index is 9.30. The van der Waals surface area contributed by atoms with Crippen molar-refractivity contribution < 1.29 is 9.84 Å². The van der Waals surface area contributed by atoms with Crippen molar-refractivity contribution in [3.05, 3.63) is 36.7 Å². The molecule has 1 aromatic carbocycles. The molecule has 0 aliphatic carbocycles. The number of aromatic nitrogens is 2. The van der Waals surface area contributed by atoms with Gasteiger partial charge in [0.2, 0.25) is 0 Å².